The van der Waals surface area contributed by atoms with Crippen LogP contribution in [0.3, 0.4) is 0 Å². The summed E-state index contributed by atoms with van der Waals surface area (Å²) < 4.78 is 4.83. The second-order valence-corrected chi connectivity index (χ2v) is 6.02. The van der Waals surface area contributed by atoms with Crippen LogP contribution in [0.1, 0.15) is 13.8 Å². The van der Waals surface area contributed by atoms with Gasteiger partial charge in [0, 0.05) is 17.1 Å². The minimum Gasteiger partial charge on any atom is -0.465 e. The summed E-state index contributed by atoms with van der Waals surface area (Å²) in [5.74, 6) is -0.938. The Balaban J connectivity index is 2.12. The van der Waals surface area contributed by atoms with E-state index in [9.17, 15) is 9.59 Å². The lowest BCUT2D eigenvalue weighted by Crippen LogP contribution is -2.53. The van der Waals surface area contributed by atoms with Crippen molar-refractivity contribution in [3.63, 3.8) is 0 Å². The Hall–Kier alpha value is -3.08. The summed E-state index contributed by atoms with van der Waals surface area (Å²) in [7, 11) is 1.28. The van der Waals surface area contributed by atoms with Crippen LogP contribution in [0.4, 0.5) is 11.4 Å². The van der Waals surface area contributed by atoms with Crippen LogP contribution in [0.15, 0.2) is 71.9 Å². The van der Waals surface area contributed by atoms with Gasteiger partial charge >= 0.3 is 5.97 Å². The molecule has 1 aliphatic rings. The van der Waals surface area contributed by atoms with E-state index in [0.29, 0.717) is 5.70 Å². The fraction of sp³-hybridized carbons (Fsp3) is 0.200. The van der Waals surface area contributed by atoms with Crippen molar-refractivity contribution in [2.24, 2.45) is 0 Å². The molecule has 5 nitrogen and oxygen atoms in total. The molecule has 0 aliphatic carbocycles. The molecule has 0 radical (unpaired) electrons. The summed E-state index contributed by atoms with van der Waals surface area (Å²) in [6.07, 6.45) is 0. The lowest BCUT2D eigenvalue weighted by atomic mass is 10.0. The fourth-order valence-electron chi connectivity index (χ4n) is 3.24. The molecule has 25 heavy (non-hydrogen) atoms. The number of hydrogen-bond donors (Lipinski definition) is 1. The number of hydrogen-bond acceptors (Lipinski definition) is 5. The van der Waals surface area contributed by atoms with Crippen molar-refractivity contribution in [2.75, 3.05) is 17.3 Å². The highest BCUT2D eigenvalue weighted by Crippen LogP contribution is 2.39. The van der Waals surface area contributed by atoms with E-state index >= 15 is 0 Å². The number of esters is 1. The second-order valence-electron chi connectivity index (χ2n) is 6.02. The normalized spacial score (nSPS) is 20.0. The lowest BCUT2D eigenvalue weighted by molar-refractivity contribution is -0.138. The predicted molar refractivity (Wildman–Crippen MR) is 97.1 cm³/mol. The molecule has 1 aliphatic heterocycles. The third-order valence-corrected chi connectivity index (χ3v) is 4.38. The SMILES string of the molecule is COC(=O)C1=C(C)N(c2ccccc2)[C@](C)(Nc2ccccc2)C1=O. The Labute approximate surface area is 146 Å². The number of anilines is 2. The van der Waals surface area contributed by atoms with Gasteiger partial charge in [-0.2, -0.15) is 0 Å². The van der Waals surface area contributed by atoms with Gasteiger partial charge in [-0.05, 0) is 38.1 Å². The Morgan fingerprint density at radius 2 is 1.60 bits per heavy atom. The first kappa shape index (κ1) is 16.8. The zero-order valence-corrected chi connectivity index (χ0v) is 14.4. The minimum absolute atomic E-state index is 0.0669. The van der Waals surface area contributed by atoms with E-state index in [2.05, 4.69) is 5.32 Å². The number of rotatable bonds is 4. The predicted octanol–water partition coefficient (Wildman–Crippen LogP) is 3.35. The minimum atomic E-state index is -1.13. The molecule has 3 rings (SSSR count). The highest BCUT2D eigenvalue weighted by Gasteiger charge is 2.51. The van der Waals surface area contributed by atoms with Gasteiger partial charge in [0.2, 0.25) is 5.78 Å². The summed E-state index contributed by atoms with van der Waals surface area (Å²) in [4.78, 5) is 27.2. The molecule has 0 spiro atoms. The van der Waals surface area contributed by atoms with Crippen molar-refractivity contribution in [3.05, 3.63) is 71.9 Å². The monoisotopic (exact) mass is 336 g/mol. The smallest absolute Gasteiger partial charge is 0.343 e. The van der Waals surface area contributed by atoms with E-state index in [4.69, 9.17) is 4.74 Å². The van der Waals surface area contributed by atoms with Crippen LogP contribution in [0.2, 0.25) is 0 Å². The molecule has 0 amide bonds. The topological polar surface area (TPSA) is 58.6 Å². The number of nitrogens with zero attached hydrogens (tertiary/aromatic N) is 1. The molecule has 0 saturated carbocycles. The van der Waals surface area contributed by atoms with Crippen LogP contribution in [-0.4, -0.2) is 24.5 Å². The molecular weight excluding hydrogens is 316 g/mol. The van der Waals surface area contributed by atoms with Gasteiger partial charge in [0.05, 0.1) is 7.11 Å². The molecule has 128 valence electrons. The summed E-state index contributed by atoms with van der Waals surface area (Å²) in [5.41, 5.74) is 1.11. The van der Waals surface area contributed by atoms with E-state index in [1.807, 2.05) is 65.6 Å². The van der Waals surface area contributed by atoms with Crippen LogP contribution in [0.25, 0.3) is 0 Å². The Kier molecular flexibility index (Phi) is 4.31. The highest BCUT2D eigenvalue weighted by atomic mass is 16.5. The van der Waals surface area contributed by atoms with Crippen molar-refractivity contribution < 1.29 is 14.3 Å². The maximum Gasteiger partial charge on any atom is 0.343 e. The Morgan fingerprint density at radius 1 is 1.04 bits per heavy atom. The summed E-state index contributed by atoms with van der Waals surface area (Å²) in [6.45, 7) is 3.53. The number of benzene rings is 2. The molecular formula is C20H20N2O3. The molecule has 1 heterocycles. The third-order valence-electron chi connectivity index (χ3n) is 4.38. The quantitative estimate of drug-likeness (QED) is 0.685. The Bertz CT molecular complexity index is 831. The molecule has 5 heteroatoms. The van der Waals surface area contributed by atoms with Crippen LogP contribution < -0.4 is 10.2 Å². The van der Waals surface area contributed by atoms with Gasteiger partial charge in [0.25, 0.3) is 0 Å². The van der Waals surface area contributed by atoms with Gasteiger partial charge in [0.15, 0.2) is 5.66 Å². The second kappa shape index (κ2) is 6.43. The van der Waals surface area contributed by atoms with Gasteiger partial charge in [-0.3, -0.25) is 4.79 Å². The lowest BCUT2D eigenvalue weighted by Gasteiger charge is -2.38. The number of Topliss-reactive ketones (excluding diaryl/α,β-unsaturated/α-hetero) is 1. The van der Waals surface area contributed by atoms with Gasteiger partial charge < -0.3 is 15.0 Å². The molecule has 0 bridgehead atoms. The van der Waals surface area contributed by atoms with Crippen LogP contribution in [0.5, 0.6) is 0 Å². The first-order valence-corrected chi connectivity index (χ1v) is 8.01. The van der Waals surface area contributed by atoms with E-state index in [-0.39, 0.29) is 11.4 Å². The number of nitrogens with one attached hydrogen (secondary N) is 1. The number of ketones is 1. The third kappa shape index (κ3) is 2.78. The van der Waals surface area contributed by atoms with Crippen molar-refractivity contribution >= 4 is 23.1 Å². The Morgan fingerprint density at radius 3 is 2.16 bits per heavy atom. The summed E-state index contributed by atoms with van der Waals surface area (Å²) in [5, 5.41) is 3.28. The molecule has 2 aromatic rings. The average molecular weight is 336 g/mol. The zero-order chi connectivity index (χ0) is 18.0. The highest BCUT2D eigenvalue weighted by molar-refractivity contribution is 6.26. The van der Waals surface area contributed by atoms with Crippen LogP contribution in [-0.2, 0) is 14.3 Å². The standard InChI is InChI=1S/C20H20N2O3/c1-14-17(19(24)25-3)18(23)20(2,21-15-10-6-4-7-11-15)22(14)16-12-8-5-9-13-16/h4-13,21H,1-3H3/t20-/m0/s1. The largest absolute Gasteiger partial charge is 0.465 e. The molecule has 2 aromatic carbocycles. The number of para-hydroxylation sites is 2. The van der Waals surface area contributed by atoms with Crippen LogP contribution in [0, 0.1) is 0 Å². The fourth-order valence-corrected chi connectivity index (χ4v) is 3.24. The molecule has 1 atom stereocenters. The number of ether oxygens (including phenoxy) is 1. The van der Waals surface area contributed by atoms with Crippen molar-refractivity contribution in [1.29, 1.82) is 0 Å². The van der Waals surface area contributed by atoms with E-state index in [1.165, 1.54) is 7.11 Å². The van der Waals surface area contributed by atoms with E-state index < -0.39 is 11.6 Å². The summed E-state index contributed by atoms with van der Waals surface area (Å²) in [6, 6.07) is 19.0. The number of carbonyl (C=O) groups excluding carboxylic acids is 2. The maximum atomic E-state index is 13.2. The van der Waals surface area contributed by atoms with E-state index in [1.54, 1.807) is 13.8 Å². The van der Waals surface area contributed by atoms with Gasteiger partial charge in [-0.25, -0.2) is 4.79 Å². The number of methoxy groups -OCH3 is 1. The number of carbonyl (C=O) groups is 2. The molecule has 0 fully saturated rings. The van der Waals surface area contributed by atoms with Gasteiger partial charge in [-0.15, -0.1) is 0 Å². The molecule has 0 aromatic heterocycles. The van der Waals surface area contributed by atoms with Gasteiger partial charge in [0.1, 0.15) is 5.57 Å². The zero-order valence-electron chi connectivity index (χ0n) is 14.4. The average Bonchev–Trinajstić information content (AvgIpc) is 2.82. The molecule has 1 N–H and O–H groups in total. The number of allylic oxidation sites excluding steroid dienone is 1. The van der Waals surface area contributed by atoms with Crippen molar-refractivity contribution in [2.45, 2.75) is 19.5 Å². The first-order chi connectivity index (χ1) is 12.0. The maximum absolute atomic E-state index is 13.2. The molecule has 0 unspecified atom stereocenters. The van der Waals surface area contributed by atoms with Crippen molar-refractivity contribution in [1.82, 2.24) is 0 Å². The van der Waals surface area contributed by atoms with Crippen molar-refractivity contribution in [3.8, 4) is 0 Å². The van der Waals surface area contributed by atoms with Crippen LogP contribution >= 0.6 is 0 Å². The summed E-state index contributed by atoms with van der Waals surface area (Å²) >= 11 is 0. The molecule has 0 saturated heterocycles. The first-order valence-electron chi connectivity index (χ1n) is 8.01. The van der Waals surface area contributed by atoms with Gasteiger partial charge in [-0.1, -0.05) is 36.4 Å². The van der Waals surface area contributed by atoms with E-state index in [0.717, 1.165) is 11.4 Å².